The van der Waals surface area contributed by atoms with Crippen LogP contribution in [0.25, 0.3) is 0 Å². The van der Waals surface area contributed by atoms with Crippen molar-refractivity contribution in [2.24, 2.45) is 0 Å². The molecule has 0 aromatic carbocycles. The van der Waals surface area contributed by atoms with Crippen LogP contribution < -0.4 is 0 Å². The van der Waals surface area contributed by atoms with Crippen molar-refractivity contribution >= 4 is 5.97 Å². The number of aliphatic hydroxyl groups excluding tert-OH is 1. The smallest absolute Gasteiger partial charge is 0.303 e. The zero-order valence-corrected chi connectivity index (χ0v) is 14.4. The summed E-state index contributed by atoms with van der Waals surface area (Å²) >= 11 is 0. The molecule has 3 heteroatoms. The molecule has 0 saturated heterocycles. The van der Waals surface area contributed by atoms with Gasteiger partial charge in [-0.05, 0) is 57.1 Å². The second kappa shape index (κ2) is 16.6. The van der Waals surface area contributed by atoms with E-state index in [-0.39, 0.29) is 12.2 Å². The van der Waals surface area contributed by atoms with Crippen LogP contribution in [-0.4, -0.2) is 16.2 Å². The lowest BCUT2D eigenvalue weighted by molar-refractivity contribution is -0.137. The van der Waals surface area contributed by atoms with Crippen molar-refractivity contribution in [3.63, 3.8) is 0 Å². The number of hydrogen-bond donors (Lipinski definition) is 2. The third-order valence-corrected chi connectivity index (χ3v) is 3.34. The lowest BCUT2D eigenvalue weighted by Gasteiger charge is -1.94. The number of aliphatic hydroxyl groups is 1. The molecule has 0 bridgehead atoms. The maximum Gasteiger partial charge on any atom is 0.303 e. The molecule has 0 atom stereocenters. The van der Waals surface area contributed by atoms with Crippen molar-refractivity contribution in [1.82, 2.24) is 0 Å². The van der Waals surface area contributed by atoms with Gasteiger partial charge in [-0.1, -0.05) is 50.1 Å². The molecule has 0 rings (SSSR count). The molecule has 0 heterocycles. The number of hydrogen-bond acceptors (Lipinski definition) is 2. The molecule has 0 aliphatic carbocycles. The Morgan fingerprint density at radius 1 is 0.826 bits per heavy atom. The summed E-state index contributed by atoms with van der Waals surface area (Å²) in [6.45, 7) is 2.21. The normalized spacial score (nSPS) is 12.8. The number of carboxylic acid groups (broad SMARTS) is 1. The lowest BCUT2D eigenvalue weighted by Crippen LogP contribution is -1.92. The molecular weight excluding hydrogens is 288 g/mol. The van der Waals surface area contributed by atoms with E-state index in [1.807, 2.05) is 12.2 Å². The first-order valence-electron chi connectivity index (χ1n) is 8.74. The third kappa shape index (κ3) is 18.2. The Hall–Kier alpha value is -1.77. The van der Waals surface area contributed by atoms with Crippen LogP contribution in [0.1, 0.15) is 71.1 Å². The summed E-state index contributed by atoms with van der Waals surface area (Å²) in [4.78, 5) is 10.3. The van der Waals surface area contributed by atoms with Gasteiger partial charge in [-0.25, -0.2) is 0 Å². The average molecular weight is 320 g/mol. The Balaban J connectivity index is 3.64. The molecular formula is C20H32O3. The van der Waals surface area contributed by atoms with E-state index in [1.54, 1.807) is 12.2 Å². The van der Waals surface area contributed by atoms with Gasteiger partial charge in [-0.15, -0.1) is 0 Å². The zero-order chi connectivity index (χ0) is 17.2. The van der Waals surface area contributed by atoms with E-state index in [0.717, 1.165) is 25.7 Å². The maximum atomic E-state index is 10.3. The minimum atomic E-state index is -0.751. The molecule has 0 aromatic rings. The van der Waals surface area contributed by atoms with E-state index < -0.39 is 5.97 Å². The van der Waals surface area contributed by atoms with Crippen LogP contribution in [0, 0.1) is 0 Å². The van der Waals surface area contributed by atoms with Gasteiger partial charge in [0.25, 0.3) is 0 Å². The third-order valence-electron chi connectivity index (χ3n) is 3.34. The quantitative estimate of drug-likeness (QED) is 0.176. The molecule has 0 saturated carbocycles. The van der Waals surface area contributed by atoms with E-state index in [9.17, 15) is 9.90 Å². The average Bonchev–Trinajstić information content (AvgIpc) is 2.52. The fourth-order valence-corrected chi connectivity index (χ4v) is 2.00. The predicted octanol–water partition coefficient (Wildman–Crippen LogP) is 6.10. The van der Waals surface area contributed by atoms with Gasteiger partial charge in [0.1, 0.15) is 5.76 Å². The molecule has 2 N–H and O–H groups in total. The van der Waals surface area contributed by atoms with Crippen molar-refractivity contribution < 1.29 is 15.0 Å². The Bertz CT molecular complexity index is 403. The van der Waals surface area contributed by atoms with E-state index in [4.69, 9.17) is 5.11 Å². The number of unbranched alkanes of at least 4 members (excludes halogenated alkanes) is 5. The van der Waals surface area contributed by atoms with Crippen LogP contribution in [0.5, 0.6) is 0 Å². The molecule has 0 spiro atoms. The standard InChI is InChI=1S/C20H32O3/c1-2-3-4-5-6-7-8-9-10-13-16-19(21)17-14-11-12-15-18-20(22)23/h6-7,9-10,14,16-17,21H,2-5,8,11-13,15,18H2,1H3,(H,22,23). The van der Waals surface area contributed by atoms with Gasteiger partial charge >= 0.3 is 5.97 Å². The van der Waals surface area contributed by atoms with Crippen molar-refractivity contribution in [2.75, 3.05) is 0 Å². The highest BCUT2D eigenvalue weighted by molar-refractivity contribution is 5.66. The minimum Gasteiger partial charge on any atom is -0.508 e. The second-order valence-electron chi connectivity index (χ2n) is 5.58. The monoisotopic (exact) mass is 320 g/mol. The highest BCUT2D eigenvalue weighted by atomic mass is 16.4. The van der Waals surface area contributed by atoms with Crippen LogP contribution in [0.2, 0.25) is 0 Å². The van der Waals surface area contributed by atoms with Crippen LogP contribution in [0.15, 0.2) is 48.3 Å². The van der Waals surface area contributed by atoms with Crippen LogP contribution >= 0.6 is 0 Å². The maximum absolute atomic E-state index is 10.3. The fourth-order valence-electron chi connectivity index (χ4n) is 2.00. The number of carbonyl (C=O) groups is 1. The predicted molar refractivity (Wildman–Crippen MR) is 97.6 cm³/mol. The minimum absolute atomic E-state index is 0.216. The molecule has 0 unspecified atom stereocenters. The molecule has 0 amide bonds. The summed E-state index contributed by atoms with van der Waals surface area (Å²) in [7, 11) is 0. The molecule has 0 fully saturated rings. The highest BCUT2D eigenvalue weighted by Gasteiger charge is 1.94. The first-order chi connectivity index (χ1) is 11.2. The molecule has 3 nitrogen and oxygen atoms in total. The highest BCUT2D eigenvalue weighted by Crippen LogP contribution is 2.04. The summed E-state index contributed by atoms with van der Waals surface area (Å²) in [5.74, 6) is -0.484. The van der Waals surface area contributed by atoms with Gasteiger partial charge in [0.2, 0.25) is 0 Å². The first kappa shape index (κ1) is 21.2. The van der Waals surface area contributed by atoms with E-state index in [1.165, 1.54) is 25.7 Å². The number of rotatable bonds is 14. The summed E-state index contributed by atoms with van der Waals surface area (Å²) in [6, 6.07) is 0. The Labute approximate surface area is 141 Å². The van der Waals surface area contributed by atoms with Crippen LogP contribution in [0.3, 0.4) is 0 Å². The van der Waals surface area contributed by atoms with E-state index in [0.29, 0.717) is 6.42 Å². The van der Waals surface area contributed by atoms with Gasteiger partial charge in [0.05, 0.1) is 0 Å². The molecule has 130 valence electrons. The molecule has 0 radical (unpaired) electrons. The number of carboxylic acids is 1. The van der Waals surface area contributed by atoms with Crippen molar-refractivity contribution in [3.8, 4) is 0 Å². The van der Waals surface area contributed by atoms with Gasteiger partial charge in [0, 0.05) is 6.42 Å². The van der Waals surface area contributed by atoms with E-state index >= 15 is 0 Å². The van der Waals surface area contributed by atoms with Gasteiger partial charge in [-0.3, -0.25) is 4.79 Å². The zero-order valence-electron chi connectivity index (χ0n) is 14.4. The molecule has 0 aliphatic heterocycles. The number of aliphatic carboxylic acids is 1. The number of allylic oxidation sites excluding steroid dienone is 7. The van der Waals surface area contributed by atoms with Crippen molar-refractivity contribution in [3.05, 3.63) is 48.3 Å². The van der Waals surface area contributed by atoms with Gasteiger partial charge in [0.15, 0.2) is 0 Å². The second-order valence-corrected chi connectivity index (χ2v) is 5.58. The lowest BCUT2D eigenvalue weighted by atomic mass is 10.2. The SMILES string of the molecule is CCCCCC=CCC=CCC=C(O)C=CCCCCC(=O)O. The Kier molecular flexibility index (Phi) is 15.3. The van der Waals surface area contributed by atoms with Crippen molar-refractivity contribution in [2.45, 2.75) is 71.1 Å². The summed E-state index contributed by atoms with van der Waals surface area (Å²) < 4.78 is 0. The topological polar surface area (TPSA) is 57.5 Å². The Morgan fingerprint density at radius 2 is 1.48 bits per heavy atom. The Morgan fingerprint density at radius 3 is 2.22 bits per heavy atom. The molecule has 23 heavy (non-hydrogen) atoms. The molecule has 0 aliphatic rings. The van der Waals surface area contributed by atoms with Crippen LogP contribution in [-0.2, 0) is 4.79 Å². The van der Waals surface area contributed by atoms with Gasteiger partial charge in [-0.2, -0.15) is 0 Å². The summed E-state index contributed by atoms with van der Waals surface area (Å²) in [6.07, 6.45) is 23.1. The first-order valence-corrected chi connectivity index (χ1v) is 8.74. The largest absolute Gasteiger partial charge is 0.508 e. The summed E-state index contributed by atoms with van der Waals surface area (Å²) in [5, 5.41) is 18.2. The van der Waals surface area contributed by atoms with Gasteiger partial charge < -0.3 is 10.2 Å². The van der Waals surface area contributed by atoms with E-state index in [2.05, 4.69) is 25.2 Å². The molecule has 0 aromatic heterocycles. The van der Waals surface area contributed by atoms with Crippen molar-refractivity contribution in [1.29, 1.82) is 0 Å². The van der Waals surface area contributed by atoms with Crippen LogP contribution in [0.4, 0.5) is 0 Å². The fraction of sp³-hybridized carbons (Fsp3) is 0.550. The summed E-state index contributed by atoms with van der Waals surface area (Å²) in [5.41, 5.74) is 0.